The van der Waals surface area contributed by atoms with E-state index in [9.17, 15) is 4.79 Å². The largest absolute Gasteiger partial charge is 0.466 e. The highest BCUT2D eigenvalue weighted by Gasteiger charge is 2.00. The fraction of sp³-hybridized carbons (Fsp3) is 0.933. The first-order valence-electron chi connectivity index (χ1n) is 7.70. The molecule has 0 saturated heterocycles. The maximum Gasteiger partial charge on any atom is 0.305 e. The normalized spacial score (nSPS) is 10.7. The second-order valence-corrected chi connectivity index (χ2v) is 4.45. The lowest BCUT2D eigenvalue weighted by Crippen LogP contribution is -2.11. The lowest BCUT2D eigenvalue weighted by molar-refractivity contribution is -0.143. The first-order chi connectivity index (χ1) is 9.81. The zero-order valence-electron chi connectivity index (χ0n) is 13.0. The van der Waals surface area contributed by atoms with Crippen molar-refractivity contribution >= 4 is 5.97 Å². The van der Waals surface area contributed by atoms with Gasteiger partial charge < -0.3 is 18.9 Å². The number of hydrogen-bond acceptors (Lipinski definition) is 5. The van der Waals surface area contributed by atoms with Gasteiger partial charge in [-0.3, -0.25) is 4.79 Å². The number of unbranched alkanes of at least 4 members (excludes halogenated alkanes) is 2. The van der Waals surface area contributed by atoms with Crippen molar-refractivity contribution in [2.75, 3.05) is 46.2 Å². The molecule has 0 heterocycles. The van der Waals surface area contributed by atoms with Crippen molar-refractivity contribution in [3.05, 3.63) is 0 Å². The molecular formula is C15H30O5. The molecule has 120 valence electrons. The Morgan fingerprint density at radius 1 is 0.750 bits per heavy atom. The summed E-state index contributed by atoms with van der Waals surface area (Å²) in [6.07, 6.45) is 4.67. The van der Waals surface area contributed by atoms with E-state index in [4.69, 9.17) is 18.9 Å². The van der Waals surface area contributed by atoms with E-state index in [1.807, 2.05) is 0 Å². The maximum atomic E-state index is 11.0. The second kappa shape index (κ2) is 16.4. The highest BCUT2D eigenvalue weighted by Crippen LogP contribution is 1.95. The minimum absolute atomic E-state index is 0.160. The molecule has 0 aliphatic heterocycles. The minimum Gasteiger partial charge on any atom is -0.466 e. The summed E-state index contributed by atoms with van der Waals surface area (Å²) < 4.78 is 20.9. The third-order valence-electron chi connectivity index (χ3n) is 2.61. The van der Waals surface area contributed by atoms with Crippen molar-refractivity contribution in [3.63, 3.8) is 0 Å². The van der Waals surface area contributed by atoms with Gasteiger partial charge in [0.25, 0.3) is 0 Å². The predicted molar refractivity (Wildman–Crippen MR) is 77.8 cm³/mol. The van der Waals surface area contributed by atoms with Crippen LogP contribution in [-0.4, -0.2) is 52.2 Å². The molecule has 0 amide bonds. The molecule has 0 aromatic carbocycles. The smallest absolute Gasteiger partial charge is 0.305 e. The van der Waals surface area contributed by atoms with Gasteiger partial charge in [0.15, 0.2) is 0 Å². The predicted octanol–water partition coefficient (Wildman–Crippen LogP) is 2.57. The molecule has 0 saturated carbocycles. The van der Waals surface area contributed by atoms with Gasteiger partial charge in [-0.15, -0.1) is 0 Å². The Labute approximate surface area is 122 Å². The van der Waals surface area contributed by atoms with Crippen LogP contribution in [0.15, 0.2) is 0 Å². The van der Waals surface area contributed by atoms with E-state index in [0.29, 0.717) is 52.5 Å². The van der Waals surface area contributed by atoms with Crippen LogP contribution >= 0.6 is 0 Å². The minimum atomic E-state index is -0.160. The van der Waals surface area contributed by atoms with Gasteiger partial charge >= 0.3 is 5.97 Å². The van der Waals surface area contributed by atoms with Crippen LogP contribution in [0.1, 0.15) is 46.0 Å². The van der Waals surface area contributed by atoms with Crippen molar-refractivity contribution in [2.45, 2.75) is 46.0 Å². The molecule has 0 aliphatic carbocycles. The molecule has 0 unspecified atom stereocenters. The van der Waals surface area contributed by atoms with Crippen LogP contribution in [0, 0.1) is 0 Å². The summed E-state index contributed by atoms with van der Waals surface area (Å²) >= 11 is 0. The average Bonchev–Trinajstić information content (AvgIpc) is 2.44. The van der Waals surface area contributed by atoms with Crippen LogP contribution in [0.25, 0.3) is 0 Å². The molecule has 5 nitrogen and oxygen atoms in total. The molecule has 0 aliphatic rings. The van der Waals surface area contributed by atoms with Gasteiger partial charge in [0.2, 0.25) is 0 Å². The summed E-state index contributed by atoms with van der Waals surface area (Å²) in [5.41, 5.74) is 0. The molecule has 0 fully saturated rings. The van der Waals surface area contributed by atoms with Crippen LogP contribution in [0.4, 0.5) is 0 Å². The van der Waals surface area contributed by atoms with Crippen molar-refractivity contribution < 1.29 is 23.7 Å². The molecule has 5 heteroatoms. The second-order valence-electron chi connectivity index (χ2n) is 4.45. The fourth-order valence-electron chi connectivity index (χ4n) is 1.55. The molecule has 0 N–H and O–H groups in total. The number of hydrogen-bond donors (Lipinski definition) is 0. The maximum absolute atomic E-state index is 11.0. The lowest BCUT2D eigenvalue weighted by atomic mass is 10.3. The number of carbonyl (C=O) groups is 1. The lowest BCUT2D eigenvalue weighted by Gasteiger charge is -2.06. The Morgan fingerprint density at radius 2 is 1.30 bits per heavy atom. The van der Waals surface area contributed by atoms with Gasteiger partial charge in [0, 0.05) is 19.6 Å². The van der Waals surface area contributed by atoms with Crippen LogP contribution in [0.5, 0.6) is 0 Å². The summed E-state index contributed by atoms with van der Waals surface area (Å²) in [6, 6.07) is 0. The standard InChI is InChI=1S/C15H30O5/c1-3-5-6-9-17-11-13-19-14-12-18-10-7-8-15(16)20-4-2/h3-14H2,1-2H3. The van der Waals surface area contributed by atoms with E-state index >= 15 is 0 Å². The molecule has 0 spiro atoms. The molecule has 0 aromatic rings. The van der Waals surface area contributed by atoms with Crippen molar-refractivity contribution in [1.82, 2.24) is 0 Å². The topological polar surface area (TPSA) is 54.0 Å². The molecule has 0 rings (SSSR count). The van der Waals surface area contributed by atoms with Crippen LogP contribution < -0.4 is 0 Å². The molecule has 0 bridgehead atoms. The van der Waals surface area contributed by atoms with E-state index < -0.39 is 0 Å². The third kappa shape index (κ3) is 15.4. The van der Waals surface area contributed by atoms with Gasteiger partial charge in [-0.05, 0) is 19.8 Å². The van der Waals surface area contributed by atoms with Gasteiger partial charge in [-0.1, -0.05) is 19.8 Å². The number of carbonyl (C=O) groups excluding carboxylic acids is 1. The van der Waals surface area contributed by atoms with Gasteiger partial charge in [0.05, 0.1) is 33.0 Å². The molecule has 0 atom stereocenters. The molecule has 0 aromatic heterocycles. The molecule has 0 radical (unpaired) electrons. The summed E-state index contributed by atoms with van der Waals surface area (Å²) in [4.78, 5) is 11.0. The Morgan fingerprint density at radius 3 is 1.85 bits per heavy atom. The Bertz CT molecular complexity index is 208. The van der Waals surface area contributed by atoms with E-state index in [-0.39, 0.29) is 5.97 Å². The van der Waals surface area contributed by atoms with E-state index in [0.717, 1.165) is 13.0 Å². The summed E-state index contributed by atoms with van der Waals surface area (Å²) in [7, 11) is 0. The monoisotopic (exact) mass is 290 g/mol. The summed E-state index contributed by atoms with van der Waals surface area (Å²) in [6.45, 7) is 8.18. The quantitative estimate of drug-likeness (QED) is 0.343. The fourth-order valence-corrected chi connectivity index (χ4v) is 1.55. The van der Waals surface area contributed by atoms with Crippen LogP contribution in [-0.2, 0) is 23.7 Å². The number of ether oxygens (including phenoxy) is 4. The summed E-state index contributed by atoms with van der Waals surface area (Å²) in [5, 5.41) is 0. The molecular weight excluding hydrogens is 260 g/mol. The highest BCUT2D eigenvalue weighted by atomic mass is 16.5. The van der Waals surface area contributed by atoms with E-state index in [1.165, 1.54) is 12.8 Å². The van der Waals surface area contributed by atoms with E-state index in [1.54, 1.807) is 6.92 Å². The van der Waals surface area contributed by atoms with Gasteiger partial charge in [0.1, 0.15) is 0 Å². The summed E-state index contributed by atoms with van der Waals surface area (Å²) in [5.74, 6) is -0.160. The van der Waals surface area contributed by atoms with E-state index in [2.05, 4.69) is 6.92 Å². The highest BCUT2D eigenvalue weighted by molar-refractivity contribution is 5.69. The Kier molecular flexibility index (Phi) is 15.9. The van der Waals surface area contributed by atoms with Crippen molar-refractivity contribution in [3.8, 4) is 0 Å². The Hall–Kier alpha value is -0.650. The van der Waals surface area contributed by atoms with Gasteiger partial charge in [-0.25, -0.2) is 0 Å². The van der Waals surface area contributed by atoms with Crippen LogP contribution in [0.2, 0.25) is 0 Å². The zero-order chi connectivity index (χ0) is 14.9. The average molecular weight is 290 g/mol. The Balaban J connectivity index is 3.01. The first kappa shape index (κ1) is 19.4. The van der Waals surface area contributed by atoms with Gasteiger partial charge in [-0.2, -0.15) is 0 Å². The zero-order valence-corrected chi connectivity index (χ0v) is 13.0. The first-order valence-corrected chi connectivity index (χ1v) is 7.70. The third-order valence-corrected chi connectivity index (χ3v) is 2.61. The van der Waals surface area contributed by atoms with Crippen LogP contribution in [0.3, 0.4) is 0 Å². The number of rotatable bonds is 15. The SMILES string of the molecule is CCCCCOCCOCCOCCCC(=O)OCC. The van der Waals surface area contributed by atoms with Crippen molar-refractivity contribution in [1.29, 1.82) is 0 Å². The number of esters is 1. The van der Waals surface area contributed by atoms with Crippen molar-refractivity contribution in [2.24, 2.45) is 0 Å². The molecule has 20 heavy (non-hydrogen) atoms.